The molecule has 3 atom stereocenters. The van der Waals surface area contributed by atoms with E-state index < -0.39 is 0 Å². The largest absolute Gasteiger partial charge is 0.494 e. The fraction of sp³-hybridized carbons (Fsp3) is 0.679. The summed E-state index contributed by atoms with van der Waals surface area (Å²) in [6.07, 6.45) is 4.48. The van der Waals surface area contributed by atoms with Crippen molar-refractivity contribution >= 4 is 16.8 Å². The van der Waals surface area contributed by atoms with Crippen molar-refractivity contribution in [2.75, 3.05) is 40.0 Å². The van der Waals surface area contributed by atoms with Gasteiger partial charge in [0.05, 0.1) is 31.4 Å². The van der Waals surface area contributed by atoms with Crippen LogP contribution >= 0.6 is 0 Å². The molecule has 2 aromatic rings. The van der Waals surface area contributed by atoms with E-state index >= 15 is 0 Å². The van der Waals surface area contributed by atoms with Crippen molar-refractivity contribution in [1.29, 1.82) is 0 Å². The second kappa shape index (κ2) is 9.07. The summed E-state index contributed by atoms with van der Waals surface area (Å²) >= 11 is 0. The number of fused-ring (bicyclic) bond motifs is 3. The monoisotopic (exact) mass is 485 g/mol. The number of aromatic nitrogens is 1. The minimum atomic E-state index is -0.388. The lowest BCUT2D eigenvalue weighted by atomic mass is 9.68. The standard InChI is InChI=1S/C28H40FN3O3/c1-18-23(25(33)30-26-27(2,3)19-7-8-28(26,4)17-19)21-15-20(29)16-22(34-5)24(21)32(18)10-6-9-31-11-13-35-14-12-31/h15-16,19,26H,6-14,17H2,1-5H3,(H,30,33)/t19?,26-,28+/m1/s1. The Bertz CT molecular complexity index is 1120. The normalized spacial score (nSPS) is 28.1. The summed E-state index contributed by atoms with van der Waals surface area (Å²) in [7, 11) is 1.56. The highest BCUT2D eigenvalue weighted by molar-refractivity contribution is 6.10. The molecule has 3 aliphatic rings. The van der Waals surface area contributed by atoms with E-state index in [9.17, 15) is 9.18 Å². The fourth-order valence-electron chi connectivity index (χ4n) is 7.41. The summed E-state index contributed by atoms with van der Waals surface area (Å²) in [5, 5.41) is 4.06. The molecule has 3 fully saturated rings. The third kappa shape index (κ3) is 4.14. The number of carbonyl (C=O) groups excluding carboxylic acids is 1. The first-order valence-corrected chi connectivity index (χ1v) is 13.1. The minimum absolute atomic E-state index is 0.0516. The van der Waals surface area contributed by atoms with E-state index in [2.05, 4.69) is 35.6 Å². The van der Waals surface area contributed by atoms with Gasteiger partial charge in [-0.15, -0.1) is 0 Å². The van der Waals surface area contributed by atoms with Crippen molar-refractivity contribution in [1.82, 2.24) is 14.8 Å². The van der Waals surface area contributed by atoms with Crippen molar-refractivity contribution in [3.63, 3.8) is 0 Å². The molecule has 2 saturated carbocycles. The summed E-state index contributed by atoms with van der Waals surface area (Å²) in [5.41, 5.74) is 2.42. The number of methoxy groups -OCH3 is 1. The summed E-state index contributed by atoms with van der Waals surface area (Å²) < 4.78 is 27.8. The molecule has 2 heterocycles. The van der Waals surface area contributed by atoms with Gasteiger partial charge in [0.25, 0.3) is 5.91 Å². The van der Waals surface area contributed by atoms with Gasteiger partial charge in [0, 0.05) is 49.4 Å². The van der Waals surface area contributed by atoms with E-state index in [0.717, 1.165) is 69.9 Å². The molecular weight excluding hydrogens is 445 g/mol. The number of nitrogens with zero attached hydrogens (tertiary/aromatic N) is 2. The van der Waals surface area contributed by atoms with Crippen LogP contribution in [0.25, 0.3) is 10.9 Å². The van der Waals surface area contributed by atoms with E-state index in [1.165, 1.54) is 18.6 Å². The van der Waals surface area contributed by atoms with Gasteiger partial charge in [-0.3, -0.25) is 9.69 Å². The number of nitrogens with one attached hydrogen (secondary N) is 1. The van der Waals surface area contributed by atoms with Gasteiger partial charge in [-0.2, -0.15) is 0 Å². The van der Waals surface area contributed by atoms with Gasteiger partial charge < -0.3 is 19.4 Å². The lowest BCUT2D eigenvalue weighted by Crippen LogP contribution is -2.52. The Kier molecular flexibility index (Phi) is 6.37. The smallest absolute Gasteiger partial charge is 0.253 e. The Morgan fingerprint density at radius 3 is 2.63 bits per heavy atom. The number of amides is 1. The highest BCUT2D eigenvalue weighted by atomic mass is 19.1. The summed E-state index contributed by atoms with van der Waals surface area (Å²) in [4.78, 5) is 16.3. The van der Waals surface area contributed by atoms with Crippen LogP contribution in [0.1, 0.15) is 62.5 Å². The van der Waals surface area contributed by atoms with Gasteiger partial charge in [-0.05, 0) is 55.4 Å². The molecule has 1 aromatic heterocycles. The van der Waals surface area contributed by atoms with Gasteiger partial charge in [-0.1, -0.05) is 20.8 Å². The number of ether oxygens (including phenoxy) is 2. The number of morpholine rings is 1. The molecule has 2 bridgehead atoms. The number of aryl methyl sites for hydroxylation is 1. The first-order valence-electron chi connectivity index (χ1n) is 13.1. The molecule has 1 saturated heterocycles. The maximum Gasteiger partial charge on any atom is 0.253 e. The quantitative estimate of drug-likeness (QED) is 0.614. The zero-order chi connectivity index (χ0) is 25.0. The van der Waals surface area contributed by atoms with Crippen molar-refractivity contribution in [3.05, 3.63) is 29.2 Å². The lowest BCUT2D eigenvalue weighted by molar-refractivity contribution is 0.0369. The molecule has 35 heavy (non-hydrogen) atoms. The first-order chi connectivity index (χ1) is 16.7. The number of hydrogen-bond acceptors (Lipinski definition) is 4. The Morgan fingerprint density at radius 1 is 1.23 bits per heavy atom. The Morgan fingerprint density at radius 2 is 1.97 bits per heavy atom. The molecule has 5 rings (SSSR count). The van der Waals surface area contributed by atoms with Crippen LogP contribution in [0.15, 0.2) is 12.1 Å². The molecule has 0 spiro atoms. The first kappa shape index (κ1) is 24.6. The van der Waals surface area contributed by atoms with Crippen LogP contribution in [-0.4, -0.2) is 61.4 Å². The number of carbonyl (C=O) groups is 1. The molecule has 1 amide bonds. The van der Waals surface area contributed by atoms with E-state index in [-0.39, 0.29) is 28.6 Å². The van der Waals surface area contributed by atoms with E-state index in [1.807, 2.05) is 6.92 Å². The maximum absolute atomic E-state index is 14.6. The van der Waals surface area contributed by atoms with Gasteiger partial charge in [0.1, 0.15) is 11.6 Å². The van der Waals surface area contributed by atoms with Crippen LogP contribution in [0.2, 0.25) is 0 Å². The van der Waals surface area contributed by atoms with Crippen molar-refractivity contribution in [3.8, 4) is 5.75 Å². The van der Waals surface area contributed by atoms with Gasteiger partial charge in [-0.25, -0.2) is 4.39 Å². The van der Waals surface area contributed by atoms with E-state index in [4.69, 9.17) is 9.47 Å². The third-order valence-electron chi connectivity index (χ3n) is 9.30. The van der Waals surface area contributed by atoms with Crippen molar-refractivity contribution in [2.45, 2.75) is 66.0 Å². The van der Waals surface area contributed by atoms with Gasteiger partial charge in [0.2, 0.25) is 0 Å². The summed E-state index contributed by atoms with van der Waals surface area (Å²) in [6, 6.07) is 3.02. The summed E-state index contributed by atoms with van der Waals surface area (Å²) in [5.74, 6) is 0.624. The lowest BCUT2D eigenvalue weighted by Gasteiger charge is -2.43. The zero-order valence-corrected chi connectivity index (χ0v) is 21.9. The summed E-state index contributed by atoms with van der Waals surface area (Å²) in [6.45, 7) is 14.0. The second-order valence-corrected chi connectivity index (χ2v) is 11.7. The van der Waals surface area contributed by atoms with Crippen LogP contribution in [0, 0.1) is 29.5 Å². The van der Waals surface area contributed by atoms with E-state index in [1.54, 1.807) is 7.11 Å². The number of halogens is 1. The molecule has 192 valence electrons. The van der Waals surface area contributed by atoms with E-state index in [0.29, 0.717) is 22.6 Å². The topological polar surface area (TPSA) is 55.7 Å². The zero-order valence-electron chi connectivity index (χ0n) is 21.9. The Labute approximate surface area is 208 Å². The molecule has 1 N–H and O–H groups in total. The van der Waals surface area contributed by atoms with Gasteiger partial charge >= 0.3 is 0 Å². The predicted molar refractivity (Wildman–Crippen MR) is 136 cm³/mol. The Hall–Kier alpha value is -2.12. The van der Waals surface area contributed by atoms with Crippen LogP contribution in [-0.2, 0) is 11.3 Å². The Balaban J connectivity index is 1.47. The molecule has 1 aliphatic heterocycles. The second-order valence-electron chi connectivity index (χ2n) is 11.7. The minimum Gasteiger partial charge on any atom is -0.494 e. The number of rotatable bonds is 7. The fourth-order valence-corrected chi connectivity index (χ4v) is 7.41. The predicted octanol–water partition coefficient (Wildman–Crippen LogP) is 4.76. The third-order valence-corrected chi connectivity index (χ3v) is 9.30. The maximum atomic E-state index is 14.6. The average molecular weight is 486 g/mol. The molecule has 1 unspecified atom stereocenters. The highest BCUT2D eigenvalue weighted by Crippen LogP contribution is 2.62. The SMILES string of the molecule is COc1cc(F)cc2c(C(=O)N[C@@H]3C(C)(C)C4CC[C@@]3(C)C4)c(C)n(CCCN3CCOCC3)c12. The average Bonchev–Trinajstić information content (AvgIpc) is 3.41. The van der Waals surface area contributed by atoms with Crippen LogP contribution in [0.3, 0.4) is 0 Å². The number of hydrogen-bond donors (Lipinski definition) is 1. The van der Waals surface area contributed by atoms with Crippen molar-refractivity contribution < 1.29 is 18.7 Å². The highest BCUT2D eigenvalue weighted by Gasteiger charge is 2.59. The molecule has 7 heteroatoms. The molecule has 0 radical (unpaired) electrons. The molecular formula is C28H40FN3O3. The van der Waals surface area contributed by atoms with Crippen LogP contribution in [0.5, 0.6) is 5.75 Å². The molecule has 2 aliphatic carbocycles. The molecule has 1 aromatic carbocycles. The van der Waals surface area contributed by atoms with Crippen molar-refractivity contribution in [2.24, 2.45) is 16.7 Å². The molecule has 6 nitrogen and oxygen atoms in total. The van der Waals surface area contributed by atoms with Crippen LogP contribution in [0.4, 0.5) is 4.39 Å². The van der Waals surface area contributed by atoms with Gasteiger partial charge in [0.15, 0.2) is 0 Å². The number of benzene rings is 1. The van der Waals surface area contributed by atoms with Crippen LogP contribution < -0.4 is 10.1 Å².